The second-order valence-corrected chi connectivity index (χ2v) is 5.78. The van der Waals surface area contributed by atoms with Gasteiger partial charge in [-0.3, -0.25) is 20.4 Å². The number of amides is 2. The molecular formula is C19H24N4O5. The quantitative estimate of drug-likeness (QED) is 0.167. The molecule has 0 spiro atoms. The summed E-state index contributed by atoms with van der Waals surface area (Å²) in [4.78, 5) is 23.2. The second kappa shape index (κ2) is 11.1. The van der Waals surface area contributed by atoms with E-state index in [1.165, 1.54) is 0 Å². The fourth-order valence-electron chi connectivity index (χ4n) is 2.56. The van der Waals surface area contributed by atoms with E-state index in [-0.39, 0.29) is 13.2 Å². The molecule has 2 aromatic carbocycles. The zero-order chi connectivity index (χ0) is 20.4. The van der Waals surface area contributed by atoms with E-state index >= 15 is 0 Å². The highest BCUT2D eigenvalue weighted by molar-refractivity contribution is 5.94. The molecule has 0 aliphatic carbocycles. The molecule has 0 unspecified atom stereocenters. The van der Waals surface area contributed by atoms with Gasteiger partial charge in [0.05, 0.1) is 26.4 Å². The average Bonchev–Trinajstić information content (AvgIpc) is 2.75. The second-order valence-electron chi connectivity index (χ2n) is 5.78. The zero-order valence-electron chi connectivity index (χ0n) is 15.3. The van der Waals surface area contributed by atoms with Crippen LogP contribution in [0.3, 0.4) is 0 Å². The van der Waals surface area contributed by atoms with Gasteiger partial charge in [-0.15, -0.1) is 0 Å². The Morgan fingerprint density at radius 1 is 0.821 bits per heavy atom. The molecule has 0 aliphatic heterocycles. The Labute approximate surface area is 162 Å². The van der Waals surface area contributed by atoms with Crippen LogP contribution in [0.15, 0.2) is 48.5 Å². The standard InChI is InChI=1S/C19H24N4O5/c20-22-18(25)15-5-1-13(2-6-15)17(28-12-11-27-10-9-24)14-3-7-16(8-4-14)19(26)23-21/h1-8,17,24H,9-12,20-21H2,(H,22,25)(H,23,26). The third kappa shape index (κ3) is 5.84. The summed E-state index contributed by atoms with van der Waals surface area (Å²) in [6, 6.07) is 13.7. The lowest BCUT2D eigenvalue weighted by molar-refractivity contribution is 0.0104. The number of ether oxygens (including phenoxy) is 2. The van der Waals surface area contributed by atoms with E-state index in [0.717, 1.165) is 11.1 Å². The van der Waals surface area contributed by atoms with Gasteiger partial charge in [0.25, 0.3) is 11.8 Å². The molecule has 0 aromatic heterocycles. The summed E-state index contributed by atoms with van der Waals surface area (Å²) >= 11 is 0. The lowest BCUT2D eigenvalue weighted by Crippen LogP contribution is -2.30. The molecule has 0 aliphatic rings. The van der Waals surface area contributed by atoms with Crippen molar-refractivity contribution < 1.29 is 24.2 Å². The number of hydrogen-bond acceptors (Lipinski definition) is 7. The summed E-state index contributed by atoms with van der Waals surface area (Å²) in [5.41, 5.74) is 6.63. The van der Waals surface area contributed by atoms with Gasteiger partial charge in [-0.2, -0.15) is 0 Å². The molecule has 0 bridgehead atoms. The largest absolute Gasteiger partial charge is 0.394 e. The Morgan fingerprint density at radius 3 is 1.68 bits per heavy atom. The molecule has 2 rings (SSSR count). The number of aliphatic hydroxyl groups excluding tert-OH is 1. The predicted molar refractivity (Wildman–Crippen MR) is 102 cm³/mol. The van der Waals surface area contributed by atoms with Gasteiger partial charge in [-0.1, -0.05) is 24.3 Å². The van der Waals surface area contributed by atoms with E-state index < -0.39 is 17.9 Å². The molecule has 0 radical (unpaired) electrons. The number of nitrogens with two attached hydrogens (primary N) is 2. The minimum absolute atomic E-state index is 0.0568. The van der Waals surface area contributed by atoms with Crippen molar-refractivity contribution in [1.29, 1.82) is 0 Å². The summed E-state index contributed by atoms with van der Waals surface area (Å²) < 4.78 is 11.2. The van der Waals surface area contributed by atoms with Crippen LogP contribution in [0, 0.1) is 0 Å². The van der Waals surface area contributed by atoms with Crippen molar-refractivity contribution in [2.24, 2.45) is 11.7 Å². The molecule has 9 heteroatoms. The fraction of sp³-hybridized carbons (Fsp3) is 0.263. The van der Waals surface area contributed by atoms with E-state index in [1.54, 1.807) is 48.5 Å². The number of rotatable bonds is 10. The Balaban J connectivity index is 2.21. The van der Waals surface area contributed by atoms with Crippen LogP contribution in [-0.2, 0) is 9.47 Å². The maximum absolute atomic E-state index is 11.6. The number of nitrogens with one attached hydrogen (secondary N) is 2. The Morgan fingerprint density at radius 2 is 1.29 bits per heavy atom. The Kier molecular flexibility index (Phi) is 8.53. The zero-order valence-corrected chi connectivity index (χ0v) is 15.3. The SMILES string of the molecule is NNC(=O)c1ccc(C(OCCOCCO)c2ccc(C(=O)NN)cc2)cc1. The van der Waals surface area contributed by atoms with Gasteiger partial charge in [-0.05, 0) is 35.4 Å². The number of benzene rings is 2. The molecule has 0 heterocycles. The van der Waals surface area contributed by atoms with E-state index in [2.05, 4.69) is 10.9 Å². The van der Waals surface area contributed by atoms with Gasteiger partial charge < -0.3 is 14.6 Å². The van der Waals surface area contributed by atoms with Crippen LogP contribution in [-0.4, -0.2) is 43.3 Å². The number of carbonyl (C=O) groups excluding carboxylic acids is 2. The van der Waals surface area contributed by atoms with Crippen LogP contribution < -0.4 is 22.5 Å². The van der Waals surface area contributed by atoms with Crippen LogP contribution >= 0.6 is 0 Å². The molecule has 0 atom stereocenters. The first-order valence-corrected chi connectivity index (χ1v) is 8.62. The summed E-state index contributed by atoms with van der Waals surface area (Å²) in [6.45, 7) is 0.789. The number of nitrogen functional groups attached to an aromatic ring is 2. The van der Waals surface area contributed by atoms with Crippen LogP contribution in [0.5, 0.6) is 0 Å². The van der Waals surface area contributed by atoms with Gasteiger partial charge in [0.1, 0.15) is 6.10 Å². The first-order chi connectivity index (χ1) is 13.6. The van der Waals surface area contributed by atoms with E-state index in [4.69, 9.17) is 26.3 Å². The first-order valence-electron chi connectivity index (χ1n) is 8.62. The van der Waals surface area contributed by atoms with Crippen LogP contribution in [0.2, 0.25) is 0 Å². The monoisotopic (exact) mass is 388 g/mol. The van der Waals surface area contributed by atoms with Crippen molar-refractivity contribution in [2.75, 3.05) is 26.4 Å². The van der Waals surface area contributed by atoms with Gasteiger partial charge >= 0.3 is 0 Å². The van der Waals surface area contributed by atoms with Crippen molar-refractivity contribution in [3.8, 4) is 0 Å². The number of hydrazine groups is 2. The van der Waals surface area contributed by atoms with Crippen molar-refractivity contribution in [3.63, 3.8) is 0 Å². The van der Waals surface area contributed by atoms with Gasteiger partial charge in [-0.25, -0.2) is 11.7 Å². The molecule has 0 saturated carbocycles. The topological polar surface area (TPSA) is 149 Å². The number of hydrogen-bond donors (Lipinski definition) is 5. The molecule has 9 nitrogen and oxygen atoms in total. The molecule has 0 fully saturated rings. The Hall–Kier alpha value is -2.82. The van der Waals surface area contributed by atoms with E-state index in [1.807, 2.05) is 0 Å². The maximum atomic E-state index is 11.6. The van der Waals surface area contributed by atoms with Crippen molar-refractivity contribution in [3.05, 3.63) is 70.8 Å². The minimum atomic E-state index is -0.442. The number of aliphatic hydroxyl groups is 1. The average molecular weight is 388 g/mol. The maximum Gasteiger partial charge on any atom is 0.265 e. The molecule has 2 aromatic rings. The molecule has 0 saturated heterocycles. The van der Waals surface area contributed by atoms with Crippen LogP contribution in [0.25, 0.3) is 0 Å². The summed E-state index contributed by atoms with van der Waals surface area (Å²) in [7, 11) is 0. The van der Waals surface area contributed by atoms with Gasteiger partial charge in [0.2, 0.25) is 0 Å². The number of carbonyl (C=O) groups is 2. The third-order valence-corrected chi connectivity index (χ3v) is 3.96. The van der Waals surface area contributed by atoms with Crippen molar-refractivity contribution in [1.82, 2.24) is 10.9 Å². The van der Waals surface area contributed by atoms with Crippen LogP contribution in [0.1, 0.15) is 37.9 Å². The smallest absolute Gasteiger partial charge is 0.265 e. The minimum Gasteiger partial charge on any atom is -0.394 e. The highest BCUT2D eigenvalue weighted by atomic mass is 16.5. The fourth-order valence-corrected chi connectivity index (χ4v) is 2.56. The van der Waals surface area contributed by atoms with Gasteiger partial charge in [0.15, 0.2) is 0 Å². The summed E-state index contributed by atoms with van der Waals surface area (Å²) in [6.07, 6.45) is -0.442. The Bertz CT molecular complexity index is 705. The highest BCUT2D eigenvalue weighted by Crippen LogP contribution is 2.26. The van der Waals surface area contributed by atoms with E-state index in [0.29, 0.717) is 24.3 Å². The lowest BCUT2D eigenvalue weighted by atomic mass is 9.99. The van der Waals surface area contributed by atoms with Gasteiger partial charge in [0, 0.05) is 11.1 Å². The molecular weight excluding hydrogens is 364 g/mol. The molecule has 2 amide bonds. The predicted octanol–water partition coefficient (Wildman–Crippen LogP) is 0.00850. The van der Waals surface area contributed by atoms with E-state index in [9.17, 15) is 9.59 Å². The molecule has 150 valence electrons. The molecule has 7 N–H and O–H groups in total. The van der Waals surface area contributed by atoms with Crippen LogP contribution in [0.4, 0.5) is 0 Å². The van der Waals surface area contributed by atoms with Crippen molar-refractivity contribution in [2.45, 2.75) is 6.10 Å². The van der Waals surface area contributed by atoms with Crippen molar-refractivity contribution >= 4 is 11.8 Å². The third-order valence-electron chi connectivity index (χ3n) is 3.96. The lowest BCUT2D eigenvalue weighted by Gasteiger charge is -2.20. The normalized spacial score (nSPS) is 10.7. The molecule has 28 heavy (non-hydrogen) atoms. The first kappa shape index (κ1) is 21.5. The summed E-state index contributed by atoms with van der Waals surface area (Å²) in [5, 5.41) is 8.76. The summed E-state index contributed by atoms with van der Waals surface area (Å²) in [5.74, 6) is 9.52. The highest BCUT2D eigenvalue weighted by Gasteiger charge is 2.16.